The van der Waals surface area contributed by atoms with Gasteiger partial charge in [0.2, 0.25) is 0 Å². The number of carbonyl (C=O) groups is 2. The first-order valence-electron chi connectivity index (χ1n) is 7.48. The van der Waals surface area contributed by atoms with E-state index in [0.717, 1.165) is 5.56 Å². The second-order valence-corrected chi connectivity index (χ2v) is 5.50. The molecule has 0 bridgehead atoms. The van der Waals surface area contributed by atoms with Gasteiger partial charge in [-0.1, -0.05) is 25.1 Å². The summed E-state index contributed by atoms with van der Waals surface area (Å²) in [6.07, 6.45) is 1.56. The van der Waals surface area contributed by atoms with Gasteiger partial charge >= 0.3 is 5.97 Å². The van der Waals surface area contributed by atoms with Crippen molar-refractivity contribution in [3.8, 4) is 0 Å². The van der Waals surface area contributed by atoms with Crippen molar-refractivity contribution < 1.29 is 18.7 Å². The molecule has 1 aromatic heterocycles. The molecule has 2 aromatic rings. The highest BCUT2D eigenvalue weighted by Crippen LogP contribution is 2.16. The number of rotatable bonds is 6. The Hall–Kier alpha value is -2.56. The monoisotopic (exact) mass is 315 g/mol. The summed E-state index contributed by atoms with van der Waals surface area (Å²) >= 11 is 0. The third-order valence-corrected chi connectivity index (χ3v) is 3.69. The lowest BCUT2D eigenvalue weighted by Gasteiger charge is -2.25. The molecule has 0 aliphatic heterocycles. The van der Waals surface area contributed by atoms with Gasteiger partial charge in [-0.2, -0.15) is 0 Å². The van der Waals surface area contributed by atoms with Gasteiger partial charge in [0.15, 0.2) is 0 Å². The number of benzene rings is 1. The van der Waals surface area contributed by atoms with E-state index in [1.807, 2.05) is 25.1 Å². The van der Waals surface area contributed by atoms with E-state index >= 15 is 0 Å². The van der Waals surface area contributed by atoms with Crippen molar-refractivity contribution in [2.45, 2.75) is 20.4 Å². The van der Waals surface area contributed by atoms with Gasteiger partial charge in [-0.15, -0.1) is 0 Å². The Bertz CT molecular complexity index is 663. The van der Waals surface area contributed by atoms with Gasteiger partial charge in [-0.05, 0) is 30.7 Å². The molecule has 2 rings (SSSR count). The van der Waals surface area contributed by atoms with Crippen LogP contribution in [0.1, 0.15) is 28.6 Å². The third kappa shape index (κ3) is 4.22. The molecule has 0 aliphatic carbocycles. The Labute approximate surface area is 135 Å². The quantitative estimate of drug-likeness (QED) is 0.769. The number of hydrogen-bond acceptors (Lipinski definition) is 4. The number of carbonyl (C=O) groups excluding carboxylic acids is 2. The zero-order valence-electron chi connectivity index (χ0n) is 13.6. The number of aryl methyl sites for hydroxylation is 1. The summed E-state index contributed by atoms with van der Waals surface area (Å²) in [5.41, 5.74) is 1.52. The Balaban J connectivity index is 2.23. The van der Waals surface area contributed by atoms with Crippen molar-refractivity contribution in [2.24, 2.45) is 5.92 Å². The maximum absolute atomic E-state index is 12.9. The lowest BCUT2D eigenvalue weighted by atomic mass is 10.1. The van der Waals surface area contributed by atoms with Gasteiger partial charge in [0.05, 0.1) is 25.8 Å². The molecular weight excluding hydrogens is 294 g/mol. The van der Waals surface area contributed by atoms with Crippen LogP contribution in [0.3, 0.4) is 0 Å². The summed E-state index contributed by atoms with van der Waals surface area (Å²) in [5, 5.41) is 0. The minimum Gasteiger partial charge on any atom is -0.469 e. The van der Waals surface area contributed by atoms with E-state index < -0.39 is 5.92 Å². The number of methoxy groups -OCH3 is 1. The van der Waals surface area contributed by atoms with Gasteiger partial charge in [-0.25, -0.2) is 0 Å². The summed E-state index contributed by atoms with van der Waals surface area (Å²) in [5.74, 6) is -0.214. The van der Waals surface area contributed by atoms with Crippen LogP contribution in [0.4, 0.5) is 0 Å². The standard InChI is InChI=1S/C18H21NO4/c1-13-7-4-5-9-16(13)17(20)19(11-14(2)18(21)22-3)12-15-8-6-10-23-15/h4-10,14H,11-12H2,1-3H3. The molecule has 0 N–H and O–H groups in total. The molecule has 0 saturated heterocycles. The van der Waals surface area contributed by atoms with Crippen LogP contribution in [0.2, 0.25) is 0 Å². The van der Waals surface area contributed by atoms with Crippen molar-refractivity contribution in [1.82, 2.24) is 4.90 Å². The molecule has 1 atom stereocenters. The summed E-state index contributed by atoms with van der Waals surface area (Å²) in [6.45, 7) is 4.20. The van der Waals surface area contributed by atoms with Crippen LogP contribution >= 0.6 is 0 Å². The average Bonchev–Trinajstić information content (AvgIpc) is 3.06. The van der Waals surface area contributed by atoms with E-state index in [-0.39, 0.29) is 18.4 Å². The van der Waals surface area contributed by atoms with Crippen LogP contribution < -0.4 is 0 Å². The number of nitrogens with zero attached hydrogens (tertiary/aromatic N) is 1. The Morgan fingerprint density at radius 3 is 2.57 bits per heavy atom. The summed E-state index contributed by atoms with van der Waals surface area (Å²) in [4.78, 5) is 26.2. The van der Waals surface area contributed by atoms with E-state index in [9.17, 15) is 9.59 Å². The van der Waals surface area contributed by atoms with Gasteiger partial charge in [0.1, 0.15) is 5.76 Å². The second-order valence-electron chi connectivity index (χ2n) is 5.50. The van der Waals surface area contributed by atoms with Crippen molar-refractivity contribution in [3.05, 3.63) is 59.5 Å². The number of amides is 1. The molecular formula is C18H21NO4. The zero-order valence-corrected chi connectivity index (χ0v) is 13.6. The van der Waals surface area contributed by atoms with Crippen LogP contribution in [-0.4, -0.2) is 30.4 Å². The summed E-state index contributed by atoms with van der Waals surface area (Å²) < 4.78 is 10.1. The molecule has 0 spiro atoms. The van der Waals surface area contributed by atoms with Crippen LogP contribution in [0.15, 0.2) is 47.1 Å². The highest BCUT2D eigenvalue weighted by molar-refractivity contribution is 5.95. The zero-order chi connectivity index (χ0) is 16.8. The van der Waals surface area contributed by atoms with Crippen LogP contribution in [0, 0.1) is 12.8 Å². The molecule has 122 valence electrons. The molecule has 0 saturated carbocycles. The van der Waals surface area contributed by atoms with Crippen LogP contribution in [0.5, 0.6) is 0 Å². The SMILES string of the molecule is COC(=O)C(C)CN(Cc1ccco1)C(=O)c1ccccc1C. The van der Waals surface area contributed by atoms with Crippen LogP contribution in [-0.2, 0) is 16.1 Å². The highest BCUT2D eigenvalue weighted by atomic mass is 16.5. The number of furan rings is 1. The van der Waals surface area contributed by atoms with Gasteiger partial charge in [0, 0.05) is 12.1 Å². The molecule has 0 aliphatic rings. The number of esters is 1. The fourth-order valence-electron chi connectivity index (χ4n) is 2.40. The van der Waals surface area contributed by atoms with Crippen molar-refractivity contribution in [2.75, 3.05) is 13.7 Å². The fourth-order valence-corrected chi connectivity index (χ4v) is 2.40. The molecule has 1 unspecified atom stereocenters. The molecule has 5 heteroatoms. The second kappa shape index (κ2) is 7.63. The normalized spacial score (nSPS) is 11.8. The van der Waals surface area contributed by atoms with Crippen molar-refractivity contribution in [3.63, 3.8) is 0 Å². The lowest BCUT2D eigenvalue weighted by molar-refractivity contribution is -0.145. The first kappa shape index (κ1) is 16.8. The summed E-state index contributed by atoms with van der Waals surface area (Å²) in [7, 11) is 1.35. The molecule has 0 fully saturated rings. The van der Waals surface area contributed by atoms with E-state index in [2.05, 4.69) is 0 Å². The lowest BCUT2D eigenvalue weighted by Crippen LogP contribution is -2.37. The van der Waals surface area contributed by atoms with Crippen molar-refractivity contribution in [1.29, 1.82) is 0 Å². The maximum Gasteiger partial charge on any atom is 0.310 e. The minimum atomic E-state index is -0.414. The van der Waals surface area contributed by atoms with Crippen molar-refractivity contribution >= 4 is 11.9 Å². The first-order chi connectivity index (χ1) is 11.0. The maximum atomic E-state index is 12.9. The topological polar surface area (TPSA) is 59.8 Å². The Morgan fingerprint density at radius 1 is 1.22 bits per heavy atom. The molecule has 0 radical (unpaired) electrons. The van der Waals surface area contributed by atoms with Crippen LogP contribution in [0.25, 0.3) is 0 Å². The molecule has 1 heterocycles. The smallest absolute Gasteiger partial charge is 0.310 e. The fraction of sp³-hybridized carbons (Fsp3) is 0.333. The molecule has 23 heavy (non-hydrogen) atoms. The van der Waals surface area contributed by atoms with E-state index in [1.165, 1.54) is 7.11 Å². The number of ether oxygens (including phenoxy) is 1. The minimum absolute atomic E-state index is 0.129. The Morgan fingerprint density at radius 2 is 1.96 bits per heavy atom. The Kier molecular flexibility index (Phi) is 5.57. The van der Waals surface area contributed by atoms with E-state index in [4.69, 9.17) is 9.15 Å². The molecule has 5 nitrogen and oxygen atoms in total. The largest absolute Gasteiger partial charge is 0.469 e. The third-order valence-electron chi connectivity index (χ3n) is 3.69. The molecule has 1 aromatic carbocycles. The van der Waals surface area contributed by atoms with Gasteiger partial charge in [0.25, 0.3) is 5.91 Å². The predicted octanol–water partition coefficient (Wildman–Crippen LogP) is 3.04. The van der Waals surface area contributed by atoms with Gasteiger partial charge < -0.3 is 14.1 Å². The van der Waals surface area contributed by atoms with E-state index in [0.29, 0.717) is 17.9 Å². The average molecular weight is 315 g/mol. The predicted molar refractivity (Wildman–Crippen MR) is 85.8 cm³/mol. The van der Waals surface area contributed by atoms with E-state index in [1.54, 1.807) is 36.3 Å². The number of hydrogen-bond donors (Lipinski definition) is 0. The summed E-state index contributed by atoms with van der Waals surface area (Å²) in [6, 6.07) is 11.0. The highest BCUT2D eigenvalue weighted by Gasteiger charge is 2.24. The van der Waals surface area contributed by atoms with Gasteiger partial charge in [-0.3, -0.25) is 9.59 Å². The molecule has 1 amide bonds. The first-order valence-corrected chi connectivity index (χ1v) is 7.48.